The summed E-state index contributed by atoms with van der Waals surface area (Å²) in [6.07, 6.45) is 0. The maximum Gasteiger partial charge on any atom is 0.563 e. The molecule has 0 aromatic heterocycles. The minimum atomic E-state index is -0.405. The summed E-state index contributed by atoms with van der Waals surface area (Å²) in [6, 6.07) is 7.89. The summed E-state index contributed by atoms with van der Waals surface area (Å²) >= 11 is 3.39. The Labute approximate surface area is 98.5 Å². The fourth-order valence-electron chi connectivity index (χ4n) is 1.38. The van der Waals surface area contributed by atoms with Crippen LogP contribution in [-0.2, 0) is 9.31 Å². The minimum absolute atomic E-state index is 0.333. The van der Waals surface area contributed by atoms with Crippen molar-refractivity contribution in [3.8, 4) is 0 Å². The predicted molar refractivity (Wildman–Crippen MR) is 64.9 cm³/mol. The third-order valence-corrected chi connectivity index (χ3v) is 2.99. The van der Waals surface area contributed by atoms with Crippen molar-refractivity contribution in [1.29, 1.82) is 0 Å². The van der Waals surface area contributed by atoms with Crippen molar-refractivity contribution in [2.75, 3.05) is 0 Å². The summed E-state index contributed by atoms with van der Waals surface area (Å²) in [6.45, 7) is 7.75. The summed E-state index contributed by atoms with van der Waals surface area (Å²) in [4.78, 5) is 0. The van der Waals surface area contributed by atoms with Crippen molar-refractivity contribution in [2.24, 2.45) is 0 Å². The molecule has 4 heteroatoms. The molecule has 15 heavy (non-hydrogen) atoms. The van der Waals surface area contributed by atoms with Gasteiger partial charge in [-0.1, -0.05) is 34.6 Å². The first-order valence-corrected chi connectivity index (χ1v) is 5.58. The van der Waals surface area contributed by atoms with Crippen LogP contribution in [0.3, 0.4) is 0 Å². The van der Waals surface area contributed by atoms with E-state index in [9.17, 15) is 0 Å². The van der Waals surface area contributed by atoms with Gasteiger partial charge in [-0.05, 0) is 31.4 Å². The van der Waals surface area contributed by atoms with Gasteiger partial charge in [0.25, 0.3) is 0 Å². The monoisotopic (exact) mass is 266 g/mol. The van der Waals surface area contributed by atoms with E-state index >= 15 is 0 Å². The second-order valence-electron chi connectivity index (χ2n) is 4.05. The first kappa shape index (κ1) is 10.8. The van der Waals surface area contributed by atoms with Crippen molar-refractivity contribution in [2.45, 2.75) is 19.4 Å². The fraction of sp³-hybridized carbons (Fsp3) is 0.273. The van der Waals surface area contributed by atoms with E-state index in [0.717, 1.165) is 9.94 Å². The van der Waals surface area contributed by atoms with Gasteiger partial charge in [0, 0.05) is 4.47 Å². The molecule has 0 spiro atoms. The van der Waals surface area contributed by atoms with Gasteiger partial charge in [0.1, 0.15) is 5.60 Å². The van der Waals surface area contributed by atoms with Crippen molar-refractivity contribution in [1.82, 2.24) is 0 Å². The van der Waals surface area contributed by atoms with Crippen LogP contribution in [0, 0.1) is 0 Å². The lowest BCUT2D eigenvalue weighted by molar-refractivity contribution is 0.173. The molecular weight excluding hydrogens is 255 g/mol. The van der Waals surface area contributed by atoms with Crippen LogP contribution in [0.5, 0.6) is 0 Å². The molecule has 0 amide bonds. The number of rotatable bonds is 1. The van der Waals surface area contributed by atoms with E-state index in [2.05, 4.69) is 22.5 Å². The zero-order chi connectivity index (χ0) is 11.1. The molecule has 78 valence electrons. The molecule has 0 unspecified atom stereocenters. The Kier molecular flexibility index (Phi) is 2.65. The summed E-state index contributed by atoms with van der Waals surface area (Å²) in [5, 5.41) is 0. The molecule has 0 radical (unpaired) electrons. The molecule has 1 saturated heterocycles. The van der Waals surface area contributed by atoms with Crippen LogP contribution in [0.15, 0.2) is 41.1 Å². The molecule has 1 aromatic carbocycles. The molecule has 1 heterocycles. The van der Waals surface area contributed by atoms with E-state index in [-0.39, 0.29) is 7.12 Å². The van der Waals surface area contributed by atoms with E-state index in [1.807, 2.05) is 38.1 Å². The quantitative estimate of drug-likeness (QED) is 0.728. The lowest BCUT2D eigenvalue weighted by Crippen LogP contribution is -2.34. The number of hydrogen-bond acceptors (Lipinski definition) is 2. The van der Waals surface area contributed by atoms with Crippen LogP contribution in [-0.4, -0.2) is 12.7 Å². The highest BCUT2D eigenvalue weighted by Crippen LogP contribution is 2.29. The Morgan fingerprint density at radius 2 is 1.87 bits per heavy atom. The highest BCUT2D eigenvalue weighted by atomic mass is 79.9. The Hall–Kier alpha value is -0.735. The second-order valence-corrected chi connectivity index (χ2v) is 4.97. The molecule has 0 saturated carbocycles. The topological polar surface area (TPSA) is 18.5 Å². The molecule has 1 aliphatic heterocycles. The third-order valence-electron chi connectivity index (χ3n) is 2.46. The van der Waals surface area contributed by atoms with Gasteiger partial charge in [0.15, 0.2) is 0 Å². The number of benzene rings is 1. The maximum absolute atomic E-state index is 5.75. The normalized spacial score (nSPS) is 19.1. The largest absolute Gasteiger partial charge is 0.563 e. The zero-order valence-corrected chi connectivity index (χ0v) is 10.4. The maximum atomic E-state index is 5.75. The second kappa shape index (κ2) is 3.69. The Morgan fingerprint density at radius 3 is 2.33 bits per heavy atom. The minimum Gasteiger partial charge on any atom is -0.534 e. The number of hydrogen-bond donors (Lipinski definition) is 0. The average Bonchev–Trinajstić information content (AvgIpc) is 2.42. The van der Waals surface area contributed by atoms with Crippen LogP contribution in [0.1, 0.15) is 13.8 Å². The van der Waals surface area contributed by atoms with E-state index < -0.39 is 5.60 Å². The van der Waals surface area contributed by atoms with E-state index in [1.165, 1.54) is 0 Å². The SMILES string of the molecule is C=C1OB(c2ccc(Br)cc2)OC1(C)C. The molecule has 0 atom stereocenters. The van der Waals surface area contributed by atoms with E-state index in [1.54, 1.807) is 0 Å². The molecule has 0 N–H and O–H groups in total. The summed E-state index contributed by atoms with van der Waals surface area (Å²) in [7, 11) is -0.333. The smallest absolute Gasteiger partial charge is 0.534 e. The van der Waals surface area contributed by atoms with Gasteiger partial charge in [0.2, 0.25) is 0 Å². The standard InChI is InChI=1S/C11H12BBrO2/c1-8-11(2,3)15-12(14-8)9-4-6-10(13)7-5-9/h4-7H,1H2,2-3H3. The van der Waals surface area contributed by atoms with Crippen LogP contribution in [0.4, 0.5) is 0 Å². The van der Waals surface area contributed by atoms with Gasteiger partial charge in [0.05, 0.1) is 5.76 Å². The van der Waals surface area contributed by atoms with Crippen LogP contribution >= 0.6 is 15.9 Å². The van der Waals surface area contributed by atoms with Gasteiger partial charge in [-0.25, -0.2) is 0 Å². The Balaban J connectivity index is 2.21. The Bertz CT molecular complexity index is 386. The van der Waals surface area contributed by atoms with Crippen LogP contribution < -0.4 is 5.46 Å². The van der Waals surface area contributed by atoms with Gasteiger partial charge < -0.3 is 9.31 Å². The van der Waals surface area contributed by atoms with Crippen molar-refractivity contribution in [3.63, 3.8) is 0 Å². The summed E-state index contributed by atoms with van der Waals surface area (Å²) in [5.74, 6) is 0.676. The van der Waals surface area contributed by atoms with Gasteiger partial charge >= 0.3 is 7.12 Å². The fourth-order valence-corrected chi connectivity index (χ4v) is 1.65. The molecule has 1 aromatic rings. The summed E-state index contributed by atoms with van der Waals surface area (Å²) < 4.78 is 12.4. The highest BCUT2D eigenvalue weighted by Gasteiger charge is 2.42. The van der Waals surface area contributed by atoms with Gasteiger partial charge in [-0.15, -0.1) is 0 Å². The van der Waals surface area contributed by atoms with Crippen molar-refractivity contribution >= 4 is 28.5 Å². The molecule has 1 fully saturated rings. The van der Waals surface area contributed by atoms with E-state index in [0.29, 0.717) is 5.76 Å². The zero-order valence-electron chi connectivity index (χ0n) is 8.79. The highest BCUT2D eigenvalue weighted by molar-refractivity contribution is 9.10. The number of halogens is 1. The first-order chi connectivity index (χ1) is 6.99. The molecule has 2 rings (SSSR count). The summed E-state index contributed by atoms with van der Waals surface area (Å²) in [5.41, 5.74) is 0.600. The Morgan fingerprint density at radius 1 is 1.27 bits per heavy atom. The third kappa shape index (κ3) is 2.11. The van der Waals surface area contributed by atoms with Crippen LogP contribution in [0.25, 0.3) is 0 Å². The molecule has 1 aliphatic rings. The van der Waals surface area contributed by atoms with Gasteiger partial charge in [-0.3, -0.25) is 0 Å². The molecule has 0 aliphatic carbocycles. The van der Waals surface area contributed by atoms with Crippen LogP contribution in [0.2, 0.25) is 0 Å². The van der Waals surface area contributed by atoms with Crippen molar-refractivity contribution < 1.29 is 9.31 Å². The lowest BCUT2D eigenvalue weighted by atomic mass is 9.79. The average molecular weight is 267 g/mol. The first-order valence-electron chi connectivity index (χ1n) is 4.78. The van der Waals surface area contributed by atoms with E-state index in [4.69, 9.17) is 9.31 Å². The molecule has 0 bridgehead atoms. The molecule has 2 nitrogen and oxygen atoms in total. The lowest BCUT2D eigenvalue weighted by Gasteiger charge is -2.15. The van der Waals surface area contributed by atoms with Crippen molar-refractivity contribution in [3.05, 3.63) is 41.1 Å². The van der Waals surface area contributed by atoms with Gasteiger partial charge in [-0.2, -0.15) is 0 Å². The molecular formula is C11H12BBrO2. The predicted octanol–water partition coefficient (Wildman–Crippen LogP) is 2.48.